The van der Waals surface area contributed by atoms with Crippen molar-refractivity contribution in [1.29, 1.82) is 0 Å². The summed E-state index contributed by atoms with van der Waals surface area (Å²) in [6, 6.07) is 13.3. The highest BCUT2D eigenvalue weighted by atomic mass is 32.2. The van der Waals surface area contributed by atoms with Gasteiger partial charge >= 0.3 is 12.1 Å². The molecule has 3 aromatic rings. The van der Waals surface area contributed by atoms with Gasteiger partial charge in [-0.25, -0.2) is 18.2 Å². The Morgan fingerprint density at radius 2 is 1.81 bits per heavy atom. The number of nitrogens with zero attached hydrogens (tertiary/aromatic N) is 3. The third-order valence-corrected chi connectivity index (χ3v) is 13.4. The van der Waals surface area contributed by atoms with E-state index >= 15 is 4.79 Å². The van der Waals surface area contributed by atoms with E-state index in [0.29, 0.717) is 40.9 Å². The number of amides is 5. The van der Waals surface area contributed by atoms with E-state index in [0.717, 1.165) is 15.4 Å². The van der Waals surface area contributed by atoms with Crippen molar-refractivity contribution in [3.05, 3.63) is 67.3 Å². The molecule has 1 aromatic heterocycles. The van der Waals surface area contributed by atoms with Crippen LogP contribution in [0.3, 0.4) is 0 Å². The lowest BCUT2D eigenvalue weighted by Gasteiger charge is -2.41. The van der Waals surface area contributed by atoms with Gasteiger partial charge in [-0.15, -0.1) is 6.58 Å². The Hall–Kier alpha value is -6.24. The number of sulfonamides is 1. The summed E-state index contributed by atoms with van der Waals surface area (Å²) in [6.07, 6.45) is -1.27. The second-order valence-electron chi connectivity index (χ2n) is 17.0. The van der Waals surface area contributed by atoms with Crippen molar-refractivity contribution in [2.75, 3.05) is 20.2 Å². The molecule has 4 aliphatic rings. The van der Waals surface area contributed by atoms with E-state index in [-0.39, 0.29) is 32.2 Å². The lowest BCUT2D eigenvalue weighted by molar-refractivity contribution is -0.149. The highest BCUT2D eigenvalue weighted by Gasteiger charge is 2.62. The molecule has 18 nitrogen and oxygen atoms in total. The number of fused-ring (bicyclic) bond motifs is 1. The number of nitrogens with one attached hydrogen (secondary N) is 3. The first-order valence-electron chi connectivity index (χ1n) is 20.4. The number of rotatable bonds is 15. The molecule has 7 rings (SSSR count). The van der Waals surface area contributed by atoms with Crippen molar-refractivity contribution in [1.82, 2.24) is 30.1 Å². The van der Waals surface area contributed by atoms with Gasteiger partial charge < -0.3 is 34.9 Å². The number of hydrogen-bond acceptors (Lipinski definition) is 12. The summed E-state index contributed by atoms with van der Waals surface area (Å²) in [5.41, 5.74) is -1.03. The van der Waals surface area contributed by atoms with E-state index in [2.05, 4.69) is 21.9 Å². The highest BCUT2D eigenvalue weighted by molar-refractivity contribution is 7.91. The predicted octanol–water partition coefficient (Wildman–Crippen LogP) is 2.90. The van der Waals surface area contributed by atoms with Crippen LogP contribution in [0.15, 0.2) is 67.3 Å². The van der Waals surface area contributed by atoms with Crippen LogP contribution in [0.1, 0.15) is 59.3 Å². The van der Waals surface area contributed by atoms with Crippen molar-refractivity contribution < 1.29 is 56.5 Å². The first-order valence-corrected chi connectivity index (χ1v) is 21.9. The maximum atomic E-state index is 15.0. The minimum absolute atomic E-state index is 0.0154. The van der Waals surface area contributed by atoms with Crippen LogP contribution in [0.5, 0.6) is 11.5 Å². The maximum absolute atomic E-state index is 15.0. The number of carboxylic acid groups (broad SMARTS) is 1. The molecule has 2 saturated carbocycles. The Labute approximate surface area is 358 Å². The van der Waals surface area contributed by atoms with E-state index in [4.69, 9.17) is 19.2 Å². The third-order valence-electron chi connectivity index (χ3n) is 11.6. The van der Waals surface area contributed by atoms with Gasteiger partial charge in [0.2, 0.25) is 21.8 Å². The summed E-state index contributed by atoms with van der Waals surface area (Å²) in [7, 11) is -2.47. The van der Waals surface area contributed by atoms with Crippen LogP contribution in [0.2, 0.25) is 0 Å². The number of esters is 1. The Kier molecular flexibility index (Phi) is 12.0. The average Bonchev–Trinajstić information content (AvgIpc) is 4.13. The zero-order valence-corrected chi connectivity index (χ0v) is 35.6. The van der Waals surface area contributed by atoms with Gasteiger partial charge in [0.15, 0.2) is 6.10 Å². The average molecular weight is 875 g/mol. The molecule has 4 fully saturated rings. The number of carbonyl (C=O) groups excluding carboxylic acids is 5. The van der Waals surface area contributed by atoms with E-state index in [1.54, 1.807) is 45.0 Å². The molecule has 4 N–H and O–H groups in total. The fourth-order valence-corrected chi connectivity index (χ4v) is 9.48. The second kappa shape index (κ2) is 16.9. The number of pyridine rings is 1. The summed E-state index contributed by atoms with van der Waals surface area (Å²) in [6.45, 7) is 7.66. The van der Waals surface area contributed by atoms with Crippen molar-refractivity contribution in [3.63, 3.8) is 0 Å². The lowest BCUT2D eigenvalue weighted by atomic mass is 10.0. The molecule has 2 saturated heterocycles. The second-order valence-corrected chi connectivity index (χ2v) is 19.0. The largest absolute Gasteiger partial charge is 0.497 e. The third kappa shape index (κ3) is 9.03. The van der Waals surface area contributed by atoms with Crippen LogP contribution in [-0.2, 0) is 38.7 Å². The molecule has 0 radical (unpaired) electrons. The number of methoxy groups -OCH3 is 1. The van der Waals surface area contributed by atoms with E-state index in [1.807, 2.05) is 30.3 Å². The highest BCUT2D eigenvalue weighted by Crippen LogP contribution is 2.46. The fourth-order valence-electron chi connectivity index (χ4n) is 8.12. The van der Waals surface area contributed by atoms with Gasteiger partial charge in [-0.1, -0.05) is 36.4 Å². The van der Waals surface area contributed by atoms with Gasteiger partial charge in [0.25, 0.3) is 11.8 Å². The minimum Gasteiger partial charge on any atom is -0.497 e. The molecule has 6 atom stereocenters. The summed E-state index contributed by atoms with van der Waals surface area (Å²) in [5.74, 6) is -3.64. The number of hydrogen-bond donors (Lipinski definition) is 4. The summed E-state index contributed by atoms with van der Waals surface area (Å²) in [4.78, 5) is 88.1. The fraction of sp³-hybridized carbons (Fsp3) is 0.465. The standard InChI is InChI=1S/C43H50N6O12S/c1-6-25-21-43(25,40(54)47-62(57,58)28-13-14-28)46-37(51)32-19-27(60-35-20-30(24-10-8-7-9-11-24)45-31-18-26(59-5)12-15-29(31)35)23-48(32)39(53)33(49(41(55)56)42(2,3)4)22-44-38(52)34-16-17-36(50)61-34/h6-12,15,18,20,25,27-28,32-34H,1,13-14,16-17,19,21-23H2,2-5H3,(H,44,52)(H,46,51)(H,47,54)(H,55,56)/t25-,27?,32+,33+,34+,43-/m1/s1. The zero-order chi connectivity index (χ0) is 44.7. The van der Waals surface area contributed by atoms with Crippen LogP contribution in [0, 0.1) is 5.92 Å². The van der Waals surface area contributed by atoms with Crippen LogP contribution < -0.4 is 24.8 Å². The Bertz CT molecular complexity index is 2420. The number of carbonyl (C=O) groups is 6. The molecule has 0 bridgehead atoms. The molecule has 2 aliphatic carbocycles. The zero-order valence-electron chi connectivity index (χ0n) is 34.8. The number of aromatic nitrogens is 1. The molecule has 0 spiro atoms. The molecular formula is C43H50N6O12S. The smallest absolute Gasteiger partial charge is 0.408 e. The minimum atomic E-state index is -4.00. The van der Waals surface area contributed by atoms with Gasteiger partial charge in [-0.05, 0) is 52.2 Å². The molecule has 3 heterocycles. The van der Waals surface area contributed by atoms with E-state index in [1.165, 1.54) is 13.2 Å². The van der Waals surface area contributed by atoms with Crippen LogP contribution in [0.25, 0.3) is 22.2 Å². The van der Waals surface area contributed by atoms with Gasteiger partial charge in [0.1, 0.15) is 35.2 Å². The van der Waals surface area contributed by atoms with Crippen molar-refractivity contribution in [3.8, 4) is 22.8 Å². The van der Waals surface area contributed by atoms with Crippen LogP contribution in [-0.4, -0.2) is 125 Å². The molecule has 330 valence electrons. The Morgan fingerprint density at radius 3 is 2.40 bits per heavy atom. The molecule has 19 heteroatoms. The van der Waals surface area contributed by atoms with Crippen molar-refractivity contribution >= 4 is 56.6 Å². The Balaban J connectivity index is 1.24. The predicted molar refractivity (Wildman–Crippen MR) is 223 cm³/mol. The molecular weight excluding hydrogens is 825 g/mol. The number of ether oxygens (including phenoxy) is 3. The normalized spacial score (nSPS) is 23.7. The lowest BCUT2D eigenvalue weighted by Crippen LogP contribution is -2.63. The number of benzene rings is 2. The van der Waals surface area contributed by atoms with Crippen LogP contribution in [0.4, 0.5) is 4.79 Å². The summed E-state index contributed by atoms with van der Waals surface area (Å²) in [5, 5.41) is 15.7. The molecule has 1 unspecified atom stereocenters. The van der Waals surface area contributed by atoms with Crippen molar-refractivity contribution in [2.45, 2.75) is 99.9 Å². The van der Waals surface area contributed by atoms with Crippen LogP contribution >= 0.6 is 0 Å². The van der Waals surface area contributed by atoms with E-state index in [9.17, 15) is 37.5 Å². The van der Waals surface area contributed by atoms with Gasteiger partial charge in [0, 0.05) is 60.3 Å². The first-order chi connectivity index (χ1) is 29.3. The monoisotopic (exact) mass is 874 g/mol. The summed E-state index contributed by atoms with van der Waals surface area (Å²) >= 11 is 0. The molecule has 5 amide bonds. The van der Waals surface area contributed by atoms with Gasteiger partial charge in [-0.3, -0.25) is 33.6 Å². The maximum Gasteiger partial charge on any atom is 0.408 e. The topological polar surface area (TPSA) is 240 Å². The number of cyclic esters (lactones) is 1. The van der Waals surface area contributed by atoms with Gasteiger partial charge in [-0.2, -0.15) is 0 Å². The first kappa shape index (κ1) is 43.8. The molecule has 2 aromatic carbocycles. The van der Waals surface area contributed by atoms with E-state index < -0.39 is 98.8 Å². The number of likely N-dealkylation sites (tertiary alicyclic amines) is 1. The van der Waals surface area contributed by atoms with Crippen molar-refractivity contribution in [2.24, 2.45) is 5.92 Å². The molecule has 2 aliphatic heterocycles. The summed E-state index contributed by atoms with van der Waals surface area (Å²) < 4.78 is 45.0. The van der Waals surface area contributed by atoms with Gasteiger partial charge in [0.05, 0.1) is 30.1 Å². The molecule has 62 heavy (non-hydrogen) atoms. The SMILES string of the molecule is C=C[C@@H]1C[C@]1(NC(=O)[C@@H]1CC(Oc2cc(-c3ccccc3)nc3cc(OC)ccc23)CN1C(=O)[C@H](CNC(=O)[C@@H]1CCC(=O)O1)N(C(=O)O)C(C)(C)C)C(=O)NS(=O)(=O)C1CC1. The Morgan fingerprint density at radius 1 is 1.08 bits per heavy atom. The quantitative estimate of drug-likeness (QED) is 0.127.